The fourth-order valence-electron chi connectivity index (χ4n) is 5.71. The molecule has 1 aliphatic heterocycles. The van der Waals surface area contributed by atoms with E-state index in [2.05, 4.69) is 63.8 Å². The van der Waals surface area contributed by atoms with Crippen molar-refractivity contribution in [2.24, 2.45) is 0 Å². The van der Waals surface area contributed by atoms with Gasteiger partial charge in [0.25, 0.3) is 0 Å². The zero-order chi connectivity index (χ0) is 24.7. The summed E-state index contributed by atoms with van der Waals surface area (Å²) < 4.78 is 6.61. The van der Waals surface area contributed by atoms with Gasteiger partial charge in [-0.1, -0.05) is 6.92 Å². The number of hydrogen-bond acceptors (Lipinski definition) is 7. The quantitative estimate of drug-likeness (QED) is 0.595. The molecule has 4 rings (SSSR count). The third kappa shape index (κ3) is 5.15. The van der Waals surface area contributed by atoms with Crippen LogP contribution in [0.25, 0.3) is 10.9 Å². The van der Waals surface area contributed by atoms with Gasteiger partial charge in [-0.3, -0.25) is 4.90 Å². The molecule has 0 spiro atoms. The lowest BCUT2D eigenvalue weighted by atomic mass is 9.79. The molecule has 2 aliphatic rings. The van der Waals surface area contributed by atoms with Crippen LogP contribution in [-0.2, 0) is 0 Å². The first-order valence-corrected chi connectivity index (χ1v) is 13.0. The van der Waals surface area contributed by atoms with Crippen LogP contribution in [0.3, 0.4) is 0 Å². The number of anilines is 1. The number of likely N-dealkylation sites (tertiary alicyclic amines) is 1. The monoisotopic (exact) mass is 469 g/mol. The number of nitrogens with zero attached hydrogens (tertiary/aromatic N) is 4. The molecule has 0 radical (unpaired) electrons. The lowest BCUT2D eigenvalue weighted by molar-refractivity contribution is -0.0563. The van der Waals surface area contributed by atoms with E-state index in [0.29, 0.717) is 23.8 Å². The first-order chi connectivity index (χ1) is 16.0. The Hall–Kier alpha value is -1.99. The Balaban J connectivity index is 1.69. The van der Waals surface area contributed by atoms with Gasteiger partial charge in [0.15, 0.2) is 0 Å². The topological polar surface area (TPSA) is 83.4 Å². The molecule has 7 heteroatoms. The number of aliphatic hydroxyl groups is 1. The summed E-state index contributed by atoms with van der Waals surface area (Å²) >= 11 is 0. The van der Waals surface area contributed by atoms with Gasteiger partial charge >= 0.3 is 0 Å². The average Bonchev–Trinajstić information content (AvgIpc) is 2.78. The van der Waals surface area contributed by atoms with E-state index < -0.39 is 0 Å². The molecular formula is C27H43N5O2. The van der Waals surface area contributed by atoms with E-state index in [1.54, 1.807) is 0 Å². The molecule has 0 bridgehead atoms. The molecule has 1 aliphatic carbocycles. The molecule has 188 valence electrons. The van der Waals surface area contributed by atoms with E-state index in [4.69, 9.17) is 14.7 Å². The third-order valence-electron chi connectivity index (χ3n) is 8.29. The Kier molecular flexibility index (Phi) is 7.07. The molecule has 34 heavy (non-hydrogen) atoms. The van der Waals surface area contributed by atoms with Crippen LogP contribution in [0, 0.1) is 0 Å². The molecule has 2 fully saturated rings. The molecule has 2 aromatic rings. The predicted molar refractivity (Wildman–Crippen MR) is 137 cm³/mol. The Morgan fingerprint density at radius 3 is 2.35 bits per heavy atom. The van der Waals surface area contributed by atoms with E-state index in [1.807, 2.05) is 12.4 Å². The van der Waals surface area contributed by atoms with Crippen LogP contribution in [0.2, 0.25) is 0 Å². The second kappa shape index (κ2) is 9.57. The Labute approximate surface area is 204 Å². The zero-order valence-electron chi connectivity index (χ0n) is 22.1. The van der Waals surface area contributed by atoms with Crippen molar-refractivity contribution in [1.29, 1.82) is 0 Å². The number of ether oxygens (including phenoxy) is 1. The molecular weight excluding hydrogens is 426 g/mol. The van der Waals surface area contributed by atoms with Crippen molar-refractivity contribution in [3.63, 3.8) is 0 Å². The minimum atomic E-state index is -0.188. The fourth-order valence-corrected chi connectivity index (χ4v) is 5.71. The van der Waals surface area contributed by atoms with Gasteiger partial charge in [0.05, 0.1) is 17.0 Å². The highest BCUT2D eigenvalue weighted by atomic mass is 16.5. The van der Waals surface area contributed by atoms with Crippen LogP contribution in [0.4, 0.5) is 5.95 Å². The van der Waals surface area contributed by atoms with Crippen LogP contribution >= 0.6 is 0 Å². The van der Waals surface area contributed by atoms with Gasteiger partial charge in [-0.2, -0.15) is 0 Å². The number of aromatic nitrogens is 3. The summed E-state index contributed by atoms with van der Waals surface area (Å²) in [4.78, 5) is 16.9. The summed E-state index contributed by atoms with van der Waals surface area (Å²) in [5.41, 5.74) is 2.15. The maximum atomic E-state index is 10.0. The second-order valence-electron chi connectivity index (χ2n) is 11.8. The smallest absolute Gasteiger partial charge is 0.224 e. The van der Waals surface area contributed by atoms with E-state index in [9.17, 15) is 5.11 Å². The number of fused-ring (bicyclic) bond motifs is 1. The number of hydrogen-bond donors (Lipinski definition) is 2. The number of aliphatic hydroxyl groups excluding tert-OH is 1. The lowest BCUT2D eigenvalue weighted by Gasteiger charge is -2.53. The highest BCUT2D eigenvalue weighted by Gasteiger charge is 2.44. The summed E-state index contributed by atoms with van der Waals surface area (Å²) in [5, 5.41) is 14.3. The Bertz CT molecular complexity index is 982. The summed E-state index contributed by atoms with van der Waals surface area (Å²) in [6.45, 7) is 13.4. The summed E-state index contributed by atoms with van der Waals surface area (Å²) in [7, 11) is 2.21. The second-order valence-corrected chi connectivity index (χ2v) is 11.8. The van der Waals surface area contributed by atoms with E-state index >= 15 is 0 Å². The van der Waals surface area contributed by atoms with Gasteiger partial charge in [-0.25, -0.2) is 15.0 Å². The van der Waals surface area contributed by atoms with E-state index in [0.717, 1.165) is 61.4 Å². The summed E-state index contributed by atoms with van der Waals surface area (Å²) in [5.74, 6) is 1.63. The SMILES string of the molecule is CC[C@@H](C)Nc1ncc2c(OC3CC(C)(C)N(C)C(C)(C)C3)ncc([C@H]3CC[C@H](O)CC3)c2n1. The molecule has 1 saturated carbocycles. The molecule has 2 aromatic heterocycles. The average molecular weight is 470 g/mol. The van der Waals surface area contributed by atoms with Gasteiger partial charge < -0.3 is 15.2 Å². The maximum Gasteiger partial charge on any atom is 0.224 e. The van der Waals surface area contributed by atoms with Crippen molar-refractivity contribution in [2.75, 3.05) is 12.4 Å². The predicted octanol–water partition coefficient (Wildman–Crippen LogP) is 5.28. The van der Waals surface area contributed by atoms with Crippen molar-refractivity contribution in [3.05, 3.63) is 18.0 Å². The van der Waals surface area contributed by atoms with Gasteiger partial charge in [0, 0.05) is 47.9 Å². The van der Waals surface area contributed by atoms with Crippen molar-refractivity contribution in [1.82, 2.24) is 19.9 Å². The molecule has 2 N–H and O–H groups in total. The number of nitrogens with one attached hydrogen (secondary N) is 1. The largest absolute Gasteiger partial charge is 0.474 e. The van der Waals surface area contributed by atoms with Crippen LogP contribution < -0.4 is 10.1 Å². The first kappa shape index (κ1) is 25.1. The molecule has 1 saturated heterocycles. The minimum Gasteiger partial charge on any atom is -0.474 e. The van der Waals surface area contributed by atoms with Crippen LogP contribution in [0.1, 0.15) is 98.0 Å². The van der Waals surface area contributed by atoms with Crippen molar-refractivity contribution < 1.29 is 9.84 Å². The zero-order valence-corrected chi connectivity index (χ0v) is 22.1. The standard InChI is InChI=1S/C27H43N5O2/c1-8-17(2)30-25-29-16-22-23(31-25)21(18-9-11-19(33)12-10-18)15-28-24(22)34-20-13-26(3,4)32(7)27(5,6)14-20/h15-20,33H,8-14H2,1-7H3,(H,29,30,31)/t17-,18-,19-/m1/s1. The van der Waals surface area contributed by atoms with Gasteiger partial charge in [0.2, 0.25) is 11.8 Å². The lowest BCUT2D eigenvalue weighted by Crippen LogP contribution is -2.60. The van der Waals surface area contributed by atoms with Crippen molar-refractivity contribution >= 4 is 16.9 Å². The Morgan fingerprint density at radius 1 is 1.09 bits per heavy atom. The number of pyridine rings is 1. The van der Waals surface area contributed by atoms with Crippen molar-refractivity contribution in [2.45, 2.75) is 122 Å². The molecule has 0 unspecified atom stereocenters. The summed E-state index contributed by atoms with van der Waals surface area (Å²) in [6.07, 6.45) is 10.2. The minimum absolute atomic E-state index is 0.0367. The van der Waals surface area contributed by atoms with Crippen molar-refractivity contribution in [3.8, 4) is 5.88 Å². The normalized spacial score (nSPS) is 26.4. The first-order valence-electron chi connectivity index (χ1n) is 13.0. The highest BCUT2D eigenvalue weighted by molar-refractivity contribution is 5.86. The van der Waals surface area contributed by atoms with Crippen LogP contribution in [0.5, 0.6) is 5.88 Å². The molecule has 1 atom stereocenters. The molecule has 0 amide bonds. The van der Waals surface area contributed by atoms with Gasteiger partial charge in [-0.05, 0) is 79.7 Å². The fraction of sp³-hybridized carbons (Fsp3) is 0.741. The van der Waals surface area contributed by atoms with Crippen LogP contribution in [0.15, 0.2) is 12.4 Å². The number of piperidine rings is 1. The maximum absolute atomic E-state index is 10.0. The molecule has 0 aromatic carbocycles. The van der Waals surface area contributed by atoms with E-state index in [1.165, 1.54) is 0 Å². The molecule has 3 heterocycles. The number of rotatable bonds is 6. The van der Waals surface area contributed by atoms with Gasteiger partial charge in [0.1, 0.15) is 6.10 Å². The third-order valence-corrected chi connectivity index (χ3v) is 8.29. The molecule has 7 nitrogen and oxygen atoms in total. The van der Waals surface area contributed by atoms with Gasteiger partial charge in [-0.15, -0.1) is 0 Å². The van der Waals surface area contributed by atoms with E-state index in [-0.39, 0.29) is 23.3 Å². The summed E-state index contributed by atoms with van der Waals surface area (Å²) in [6, 6.07) is 0.298. The van der Waals surface area contributed by atoms with Crippen LogP contribution in [-0.4, -0.2) is 61.3 Å². The Morgan fingerprint density at radius 2 is 1.74 bits per heavy atom. The highest BCUT2D eigenvalue weighted by Crippen LogP contribution is 2.41.